The van der Waals surface area contributed by atoms with Crippen molar-refractivity contribution in [1.82, 2.24) is 10.3 Å². The van der Waals surface area contributed by atoms with Crippen LogP contribution in [0.15, 0.2) is 41.2 Å². The van der Waals surface area contributed by atoms with Crippen molar-refractivity contribution < 1.29 is 4.79 Å². The van der Waals surface area contributed by atoms with E-state index in [2.05, 4.69) is 10.3 Å². The van der Waals surface area contributed by atoms with Crippen LogP contribution >= 0.6 is 23.2 Å². The molecule has 1 aromatic carbocycles. The van der Waals surface area contributed by atoms with Crippen molar-refractivity contribution in [2.75, 3.05) is 6.54 Å². The molecule has 2 rings (SSSR count). The fourth-order valence-electron chi connectivity index (χ4n) is 1.71. The number of amides is 1. The topological polar surface area (TPSA) is 62.0 Å². The van der Waals surface area contributed by atoms with E-state index in [4.69, 9.17) is 23.2 Å². The van der Waals surface area contributed by atoms with Gasteiger partial charge in [0.05, 0.1) is 0 Å². The lowest BCUT2D eigenvalue weighted by atomic mass is 10.1. The predicted octanol–water partition coefficient (Wildman–Crippen LogP) is 2.65. The number of carbonyl (C=O) groups excluding carboxylic acids is 1. The minimum absolute atomic E-state index is 0.236. The molecule has 1 heterocycles. The molecule has 0 saturated carbocycles. The van der Waals surface area contributed by atoms with Crippen molar-refractivity contribution in [3.8, 4) is 0 Å². The SMILES string of the molecule is O=C(NCCc1ccc(Cl)cc1Cl)c1cccc(=O)[nH]1. The molecule has 104 valence electrons. The molecule has 2 aromatic rings. The second kappa shape index (κ2) is 6.59. The summed E-state index contributed by atoms with van der Waals surface area (Å²) in [6.07, 6.45) is 0.582. The molecule has 1 amide bonds. The lowest BCUT2D eigenvalue weighted by molar-refractivity contribution is 0.0949. The van der Waals surface area contributed by atoms with E-state index < -0.39 is 0 Å². The van der Waals surface area contributed by atoms with Gasteiger partial charge in [0.2, 0.25) is 5.56 Å². The number of carbonyl (C=O) groups is 1. The third kappa shape index (κ3) is 3.85. The van der Waals surface area contributed by atoms with E-state index in [0.717, 1.165) is 5.56 Å². The fourth-order valence-corrected chi connectivity index (χ4v) is 2.21. The Labute approximate surface area is 125 Å². The zero-order chi connectivity index (χ0) is 14.5. The van der Waals surface area contributed by atoms with Crippen molar-refractivity contribution in [2.24, 2.45) is 0 Å². The molecule has 0 aliphatic carbocycles. The Morgan fingerprint density at radius 3 is 2.70 bits per heavy atom. The van der Waals surface area contributed by atoms with Gasteiger partial charge in [0.25, 0.3) is 5.91 Å². The number of pyridine rings is 1. The van der Waals surface area contributed by atoms with Gasteiger partial charge in [-0.25, -0.2) is 0 Å². The Balaban J connectivity index is 1.93. The maximum absolute atomic E-state index is 11.8. The molecule has 0 aliphatic rings. The molecule has 0 unspecified atom stereocenters. The van der Waals surface area contributed by atoms with Crippen molar-refractivity contribution in [2.45, 2.75) is 6.42 Å². The standard InChI is InChI=1S/C14H12Cl2N2O2/c15-10-5-4-9(11(16)8-10)6-7-17-14(20)12-2-1-3-13(19)18-12/h1-5,8H,6-7H2,(H,17,20)(H,18,19). The highest BCUT2D eigenvalue weighted by Crippen LogP contribution is 2.20. The molecule has 1 aromatic heterocycles. The quantitative estimate of drug-likeness (QED) is 0.912. The largest absolute Gasteiger partial charge is 0.350 e. The zero-order valence-corrected chi connectivity index (χ0v) is 12.0. The van der Waals surface area contributed by atoms with E-state index in [0.29, 0.717) is 23.0 Å². The van der Waals surface area contributed by atoms with Crippen LogP contribution in [0.2, 0.25) is 10.0 Å². The second-order valence-electron chi connectivity index (χ2n) is 4.17. The number of halogens is 2. The third-order valence-corrected chi connectivity index (χ3v) is 3.29. The first kappa shape index (κ1) is 14.6. The summed E-state index contributed by atoms with van der Waals surface area (Å²) in [5, 5.41) is 3.86. The maximum atomic E-state index is 11.8. The molecule has 0 atom stereocenters. The molecule has 0 spiro atoms. The van der Waals surface area contributed by atoms with Gasteiger partial charge >= 0.3 is 0 Å². The van der Waals surface area contributed by atoms with Crippen LogP contribution in [0, 0.1) is 0 Å². The van der Waals surface area contributed by atoms with Crippen molar-refractivity contribution >= 4 is 29.1 Å². The normalized spacial score (nSPS) is 10.3. The van der Waals surface area contributed by atoms with Gasteiger partial charge in [-0.15, -0.1) is 0 Å². The van der Waals surface area contributed by atoms with Gasteiger partial charge in [-0.05, 0) is 30.2 Å². The number of aromatic nitrogens is 1. The highest BCUT2D eigenvalue weighted by Gasteiger charge is 2.06. The van der Waals surface area contributed by atoms with Crippen LogP contribution in [-0.2, 0) is 6.42 Å². The molecule has 0 bridgehead atoms. The summed E-state index contributed by atoms with van der Waals surface area (Å²) in [5.41, 5.74) is 0.830. The van der Waals surface area contributed by atoms with Gasteiger partial charge in [0.1, 0.15) is 5.69 Å². The van der Waals surface area contributed by atoms with E-state index in [1.165, 1.54) is 12.1 Å². The van der Waals surface area contributed by atoms with Crippen molar-refractivity contribution in [1.29, 1.82) is 0 Å². The first-order valence-electron chi connectivity index (χ1n) is 5.98. The van der Waals surface area contributed by atoms with E-state index in [-0.39, 0.29) is 17.2 Å². The molecule has 4 nitrogen and oxygen atoms in total. The molecule has 2 N–H and O–H groups in total. The zero-order valence-electron chi connectivity index (χ0n) is 10.5. The smallest absolute Gasteiger partial charge is 0.267 e. The van der Waals surface area contributed by atoms with Crippen LogP contribution in [-0.4, -0.2) is 17.4 Å². The molecule has 6 heteroatoms. The Kier molecular flexibility index (Phi) is 4.82. The summed E-state index contributed by atoms with van der Waals surface area (Å²) in [4.78, 5) is 25.4. The number of aromatic amines is 1. The summed E-state index contributed by atoms with van der Waals surface area (Å²) in [7, 11) is 0. The fraction of sp³-hybridized carbons (Fsp3) is 0.143. The number of hydrogen-bond donors (Lipinski definition) is 2. The van der Waals surface area contributed by atoms with Crippen LogP contribution in [0.25, 0.3) is 0 Å². The average Bonchev–Trinajstić information content (AvgIpc) is 2.41. The van der Waals surface area contributed by atoms with Gasteiger partial charge in [0.15, 0.2) is 0 Å². The lowest BCUT2D eigenvalue weighted by Crippen LogP contribution is -2.28. The van der Waals surface area contributed by atoms with E-state index in [1.807, 2.05) is 6.07 Å². The molecule has 20 heavy (non-hydrogen) atoms. The third-order valence-electron chi connectivity index (χ3n) is 2.71. The van der Waals surface area contributed by atoms with E-state index in [1.54, 1.807) is 18.2 Å². The molecule has 0 fully saturated rings. The van der Waals surface area contributed by atoms with Gasteiger partial charge in [-0.3, -0.25) is 9.59 Å². The average molecular weight is 311 g/mol. The Bertz CT molecular complexity index is 683. The number of nitrogens with one attached hydrogen (secondary N) is 2. The van der Waals surface area contributed by atoms with Gasteiger partial charge in [-0.2, -0.15) is 0 Å². The molecule has 0 saturated heterocycles. The van der Waals surface area contributed by atoms with Crippen LogP contribution < -0.4 is 10.9 Å². The molecule has 0 radical (unpaired) electrons. The van der Waals surface area contributed by atoms with E-state index in [9.17, 15) is 9.59 Å². The monoisotopic (exact) mass is 310 g/mol. The Morgan fingerprint density at radius 1 is 1.20 bits per heavy atom. The minimum Gasteiger partial charge on any atom is -0.350 e. The molecular weight excluding hydrogens is 299 g/mol. The Hall–Kier alpha value is -1.78. The summed E-state index contributed by atoms with van der Waals surface area (Å²) in [6.45, 7) is 0.414. The lowest BCUT2D eigenvalue weighted by Gasteiger charge is -2.07. The van der Waals surface area contributed by atoms with Crippen LogP contribution in [0.5, 0.6) is 0 Å². The van der Waals surface area contributed by atoms with Gasteiger partial charge in [0, 0.05) is 22.7 Å². The first-order valence-corrected chi connectivity index (χ1v) is 6.73. The summed E-state index contributed by atoms with van der Waals surface area (Å²) < 4.78 is 0. The maximum Gasteiger partial charge on any atom is 0.267 e. The first-order chi connectivity index (χ1) is 9.56. The van der Waals surface area contributed by atoms with Gasteiger partial charge in [-0.1, -0.05) is 35.3 Å². The van der Waals surface area contributed by atoms with Crippen molar-refractivity contribution in [3.05, 3.63) is 68.1 Å². The van der Waals surface area contributed by atoms with Crippen molar-refractivity contribution in [3.63, 3.8) is 0 Å². The Morgan fingerprint density at radius 2 is 2.00 bits per heavy atom. The summed E-state index contributed by atoms with van der Waals surface area (Å²) >= 11 is 11.8. The minimum atomic E-state index is -0.326. The molecular formula is C14H12Cl2N2O2. The molecule has 0 aliphatic heterocycles. The second-order valence-corrected chi connectivity index (χ2v) is 5.01. The highest BCUT2D eigenvalue weighted by atomic mass is 35.5. The number of benzene rings is 1. The van der Waals surface area contributed by atoms with Crippen LogP contribution in [0.3, 0.4) is 0 Å². The number of rotatable bonds is 4. The summed E-state index contributed by atoms with van der Waals surface area (Å²) in [5.74, 6) is -0.326. The highest BCUT2D eigenvalue weighted by molar-refractivity contribution is 6.35. The van der Waals surface area contributed by atoms with Crippen LogP contribution in [0.4, 0.5) is 0 Å². The number of hydrogen-bond acceptors (Lipinski definition) is 2. The van der Waals surface area contributed by atoms with E-state index >= 15 is 0 Å². The summed E-state index contributed by atoms with van der Waals surface area (Å²) in [6, 6.07) is 9.66. The van der Waals surface area contributed by atoms with Gasteiger partial charge < -0.3 is 10.3 Å². The predicted molar refractivity (Wildman–Crippen MR) is 79.6 cm³/mol. The van der Waals surface area contributed by atoms with Crippen LogP contribution in [0.1, 0.15) is 16.1 Å². The number of H-pyrrole nitrogens is 1.